The third-order valence-corrected chi connectivity index (χ3v) is 11.3. The van der Waals surface area contributed by atoms with Gasteiger partial charge in [0, 0.05) is 44.7 Å². The highest BCUT2D eigenvalue weighted by Crippen LogP contribution is 2.55. The molecule has 5 aliphatic rings. The van der Waals surface area contributed by atoms with Crippen molar-refractivity contribution in [2.24, 2.45) is 35.3 Å². The first kappa shape index (κ1) is 32.4. The molecule has 0 spiro atoms. The van der Waals surface area contributed by atoms with E-state index >= 15 is 0 Å². The lowest BCUT2D eigenvalue weighted by Gasteiger charge is -2.48. The predicted octanol–water partition coefficient (Wildman–Crippen LogP) is 3.06. The van der Waals surface area contributed by atoms with Gasteiger partial charge in [-0.2, -0.15) is 0 Å². The highest BCUT2D eigenvalue weighted by molar-refractivity contribution is 5.88. The Bertz CT molecular complexity index is 1070. The van der Waals surface area contributed by atoms with Crippen molar-refractivity contribution in [2.45, 2.75) is 121 Å². The summed E-state index contributed by atoms with van der Waals surface area (Å²) in [6.45, 7) is 9.92. The molecule has 4 heterocycles. The Hall–Kier alpha value is -2.01. The molecule has 1 aliphatic carbocycles. The summed E-state index contributed by atoms with van der Waals surface area (Å²) < 4.78 is 19.3. The average Bonchev–Trinajstić information content (AvgIpc) is 3.29. The van der Waals surface area contributed by atoms with Gasteiger partial charge >= 0.3 is 11.9 Å². The SMILES string of the molecule is CC=C(C)C(=O)OC(C)(C)C1(CC2CC(N)NCC2CC(=O)N2CCC2)CC2CC3CC(CCCO)C(=O)OC3CC2O1. The van der Waals surface area contributed by atoms with Crippen LogP contribution in [-0.2, 0) is 28.6 Å². The van der Waals surface area contributed by atoms with Crippen molar-refractivity contribution in [3.8, 4) is 0 Å². The van der Waals surface area contributed by atoms with E-state index < -0.39 is 11.2 Å². The lowest BCUT2D eigenvalue weighted by Crippen LogP contribution is -2.57. The second kappa shape index (κ2) is 13.2. The van der Waals surface area contributed by atoms with Gasteiger partial charge in [0.1, 0.15) is 17.3 Å². The molecule has 4 aliphatic heterocycles. The van der Waals surface area contributed by atoms with Crippen LogP contribution in [0.15, 0.2) is 11.6 Å². The number of esters is 2. The van der Waals surface area contributed by atoms with E-state index in [0.717, 1.165) is 38.8 Å². The Labute approximate surface area is 256 Å². The van der Waals surface area contributed by atoms with Crippen molar-refractivity contribution in [1.82, 2.24) is 10.2 Å². The van der Waals surface area contributed by atoms with Gasteiger partial charge in [-0.05, 0) is 103 Å². The highest BCUT2D eigenvalue weighted by Gasteiger charge is 2.61. The molecule has 1 saturated carbocycles. The van der Waals surface area contributed by atoms with Crippen molar-refractivity contribution in [3.63, 3.8) is 0 Å². The Kier molecular flexibility index (Phi) is 9.90. The number of piperidine rings is 1. The number of likely N-dealkylation sites (tertiary alicyclic amines) is 1. The summed E-state index contributed by atoms with van der Waals surface area (Å²) in [7, 11) is 0. The Balaban J connectivity index is 1.39. The molecule has 10 nitrogen and oxygen atoms in total. The molecule has 9 unspecified atom stereocenters. The van der Waals surface area contributed by atoms with E-state index in [1.807, 2.05) is 25.7 Å². The van der Waals surface area contributed by atoms with Crippen molar-refractivity contribution in [2.75, 3.05) is 26.2 Å². The number of hydrogen-bond donors (Lipinski definition) is 3. The molecule has 0 aromatic carbocycles. The fourth-order valence-corrected chi connectivity index (χ4v) is 8.29. The molecule has 5 fully saturated rings. The van der Waals surface area contributed by atoms with Gasteiger partial charge in [-0.3, -0.25) is 9.59 Å². The lowest BCUT2D eigenvalue weighted by molar-refractivity contribution is -0.208. The van der Waals surface area contributed by atoms with E-state index in [1.165, 1.54) is 0 Å². The number of hydrogen-bond acceptors (Lipinski definition) is 9. The minimum absolute atomic E-state index is 0.0738. The van der Waals surface area contributed by atoms with Gasteiger partial charge in [0.2, 0.25) is 5.91 Å². The number of amides is 1. The molecule has 9 atom stereocenters. The van der Waals surface area contributed by atoms with E-state index in [1.54, 1.807) is 13.0 Å². The number of nitrogens with two attached hydrogens (primary N) is 1. The van der Waals surface area contributed by atoms with Gasteiger partial charge in [0.15, 0.2) is 0 Å². The quantitative estimate of drug-likeness (QED) is 0.254. The Morgan fingerprint density at radius 3 is 2.60 bits per heavy atom. The fraction of sp³-hybridized carbons (Fsp3) is 0.848. The third kappa shape index (κ3) is 6.82. The minimum Gasteiger partial charge on any atom is -0.462 e. The first-order valence-electron chi connectivity index (χ1n) is 16.6. The number of aliphatic hydroxyl groups is 1. The molecule has 5 rings (SSSR count). The molecule has 10 heteroatoms. The molecule has 4 N–H and O–H groups in total. The zero-order valence-corrected chi connectivity index (χ0v) is 26.5. The fourth-order valence-electron chi connectivity index (χ4n) is 8.29. The van der Waals surface area contributed by atoms with E-state index in [4.69, 9.17) is 19.9 Å². The van der Waals surface area contributed by atoms with Gasteiger partial charge in [0.25, 0.3) is 0 Å². The molecule has 43 heavy (non-hydrogen) atoms. The largest absolute Gasteiger partial charge is 0.462 e. The summed E-state index contributed by atoms with van der Waals surface area (Å²) in [6.07, 6.45) is 8.46. The molecular formula is C33H53N3O7. The Morgan fingerprint density at radius 2 is 1.93 bits per heavy atom. The van der Waals surface area contributed by atoms with Crippen LogP contribution in [0, 0.1) is 29.6 Å². The lowest BCUT2D eigenvalue weighted by atomic mass is 9.66. The first-order valence-corrected chi connectivity index (χ1v) is 16.6. The number of ether oxygens (including phenoxy) is 3. The maximum atomic E-state index is 13.1. The zero-order valence-electron chi connectivity index (χ0n) is 26.5. The summed E-state index contributed by atoms with van der Waals surface area (Å²) in [5.74, 6) is 0.240. The molecule has 4 saturated heterocycles. The van der Waals surface area contributed by atoms with Crippen LogP contribution < -0.4 is 11.1 Å². The third-order valence-electron chi connectivity index (χ3n) is 11.3. The van der Waals surface area contributed by atoms with Crippen LogP contribution in [0.25, 0.3) is 0 Å². The molecule has 0 aromatic rings. The topological polar surface area (TPSA) is 140 Å². The zero-order chi connectivity index (χ0) is 30.9. The normalized spacial score (nSPS) is 38.0. The number of carbonyl (C=O) groups is 3. The summed E-state index contributed by atoms with van der Waals surface area (Å²) >= 11 is 0. The molecular weight excluding hydrogens is 550 g/mol. The highest BCUT2D eigenvalue weighted by atomic mass is 16.6. The predicted molar refractivity (Wildman–Crippen MR) is 160 cm³/mol. The maximum absolute atomic E-state index is 13.1. The average molecular weight is 604 g/mol. The molecule has 0 bridgehead atoms. The summed E-state index contributed by atoms with van der Waals surface area (Å²) in [5.41, 5.74) is 5.26. The number of allylic oxidation sites excluding steroid dienone is 1. The molecule has 242 valence electrons. The number of fused-ring (bicyclic) bond motifs is 2. The van der Waals surface area contributed by atoms with Crippen LogP contribution in [0.2, 0.25) is 0 Å². The van der Waals surface area contributed by atoms with Crippen LogP contribution in [0.4, 0.5) is 0 Å². The van der Waals surface area contributed by atoms with E-state index in [9.17, 15) is 19.5 Å². The van der Waals surface area contributed by atoms with Crippen molar-refractivity contribution in [3.05, 3.63) is 11.6 Å². The summed E-state index contributed by atoms with van der Waals surface area (Å²) in [4.78, 5) is 40.9. The number of nitrogens with one attached hydrogen (secondary N) is 1. The van der Waals surface area contributed by atoms with E-state index in [2.05, 4.69) is 5.32 Å². The van der Waals surface area contributed by atoms with Crippen molar-refractivity contribution in [1.29, 1.82) is 0 Å². The van der Waals surface area contributed by atoms with Gasteiger partial charge in [-0.25, -0.2) is 4.79 Å². The summed E-state index contributed by atoms with van der Waals surface area (Å²) in [5, 5.41) is 12.7. The number of aliphatic hydroxyl groups excluding tert-OH is 1. The van der Waals surface area contributed by atoms with Crippen LogP contribution in [0.1, 0.15) is 91.9 Å². The standard InChI is InChI=1S/C33H53N3O7/c1-5-20(2)30(39)43-32(3,4)33(17-23-14-28(34)35-19-25(23)15-29(38)36-9-7-10-36)18-24-13-22-12-21(8-6-11-37)31(40)41-26(22)16-27(24)42-33/h5,21-28,35,37H,6-19,34H2,1-4H3. The van der Waals surface area contributed by atoms with E-state index in [-0.39, 0.29) is 72.4 Å². The number of nitrogens with zero attached hydrogens (tertiary/aromatic N) is 1. The maximum Gasteiger partial charge on any atom is 0.334 e. The second-order valence-corrected chi connectivity index (χ2v) is 14.4. The van der Waals surface area contributed by atoms with Crippen LogP contribution in [0.5, 0.6) is 0 Å². The Morgan fingerprint density at radius 1 is 1.16 bits per heavy atom. The first-order chi connectivity index (χ1) is 20.4. The van der Waals surface area contributed by atoms with Gasteiger partial charge in [0.05, 0.1) is 18.2 Å². The van der Waals surface area contributed by atoms with Crippen molar-refractivity contribution < 1.29 is 33.7 Å². The molecule has 0 aromatic heterocycles. The van der Waals surface area contributed by atoms with Gasteiger partial charge in [-0.15, -0.1) is 0 Å². The second-order valence-electron chi connectivity index (χ2n) is 14.4. The van der Waals surface area contributed by atoms with Crippen LogP contribution in [0.3, 0.4) is 0 Å². The van der Waals surface area contributed by atoms with Gasteiger partial charge in [-0.1, -0.05) is 6.08 Å². The monoisotopic (exact) mass is 603 g/mol. The van der Waals surface area contributed by atoms with Crippen LogP contribution in [-0.4, -0.2) is 83.7 Å². The van der Waals surface area contributed by atoms with Gasteiger partial charge < -0.3 is 35.3 Å². The smallest absolute Gasteiger partial charge is 0.334 e. The van der Waals surface area contributed by atoms with Crippen molar-refractivity contribution >= 4 is 17.8 Å². The molecule has 0 radical (unpaired) electrons. The number of rotatable bonds is 10. The minimum atomic E-state index is -0.946. The number of carbonyl (C=O) groups excluding carboxylic acids is 3. The van der Waals surface area contributed by atoms with Crippen LogP contribution >= 0.6 is 0 Å². The molecule has 1 amide bonds. The summed E-state index contributed by atoms with van der Waals surface area (Å²) in [6, 6.07) is 0. The van der Waals surface area contributed by atoms with E-state index in [0.29, 0.717) is 50.6 Å².